The third kappa shape index (κ3) is 3.46. The molecule has 2 aliphatic rings. The average Bonchev–Trinajstić information content (AvgIpc) is 3.49. The van der Waals surface area contributed by atoms with E-state index in [0.29, 0.717) is 23.1 Å². The summed E-state index contributed by atoms with van der Waals surface area (Å²) in [5, 5.41) is 5.08. The molecule has 0 radical (unpaired) electrons. The molecule has 32 heavy (non-hydrogen) atoms. The molecule has 0 unspecified atom stereocenters. The van der Waals surface area contributed by atoms with Gasteiger partial charge in [0.25, 0.3) is 11.5 Å². The Morgan fingerprint density at radius 1 is 1.16 bits per heavy atom. The molecule has 1 spiro atoms. The zero-order valence-corrected chi connectivity index (χ0v) is 17.9. The second-order valence-electron chi connectivity index (χ2n) is 7.98. The number of amides is 3. The molecule has 3 amide bonds. The molecule has 2 aromatic heterocycles. The largest absolute Gasteiger partial charge is 0.456 e. The molecule has 3 aromatic rings. The number of benzene rings is 1. The van der Waals surface area contributed by atoms with E-state index in [1.165, 1.54) is 11.3 Å². The third-order valence-corrected chi connectivity index (χ3v) is 6.81. The molecular formula is C22H20N4O5S. The fraction of sp³-hybridized carbons (Fsp3) is 0.318. The van der Waals surface area contributed by atoms with E-state index in [0.717, 1.165) is 28.9 Å². The highest BCUT2D eigenvalue weighted by Gasteiger charge is 2.52. The molecule has 5 rings (SSSR count). The van der Waals surface area contributed by atoms with Gasteiger partial charge in [-0.05, 0) is 18.4 Å². The summed E-state index contributed by atoms with van der Waals surface area (Å²) in [6.07, 6.45) is 2.89. The number of aromatic nitrogens is 2. The number of carbonyl (C=O) groups excluding carboxylic acids is 3. The Bertz CT molecular complexity index is 1280. The summed E-state index contributed by atoms with van der Waals surface area (Å²) in [5.74, 6) is -0.929. The molecule has 1 saturated carbocycles. The third-order valence-electron chi connectivity index (χ3n) is 5.94. The van der Waals surface area contributed by atoms with E-state index < -0.39 is 24.1 Å². The van der Waals surface area contributed by atoms with Gasteiger partial charge in [0.1, 0.15) is 29.3 Å². The standard InChI is InChI=1S/C22H20N4O5S/c27-16(10-26-20(29)22(25-21(26)30)8-4-5-9-22)31-11-15-23-18(28)17-14(12-32-19(17)24-15)13-6-2-1-3-7-13/h1-3,6-7,12H,4-5,8-11H2,(H,25,30)(H,23,24,28). The molecule has 0 bridgehead atoms. The normalized spacial score (nSPS) is 17.3. The lowest BCUT2D eigenvalue weighted by atomic mass is 9.98. The number of imide groups is 1. The highest BCUT2D eigenvalue weighted by Crippen LogP contribution is 2.35. The van der Waals surface area contributed by atoms with Gasteiger partial charge in [-0.1, -0.05) is 43.2 Å². The Balaban J connectivity index is 1.27. The van der Waals surface area contributed by atoms with E-state index >= 15 is 0 Å². The van der Waals surface area contributed by atoms with Crippen LogP contribution in [0, 0.1) is 0 Å². The highest BCUT2D eigenvalue weighted by molar-refractivity contribution is 7.17. The van der Waals surface area contributed by atoms with Gasteiger partial charge in [0.2, 0.25) is 0 Å². The fourth-order valence-corrected chi connectivity index (χ4v) is 5.32. The smallest absolute Gasteiger partial charge is 0.326 e. The number of H-pyrrole nitrogens is 1. The van der Waals surface area contributed by atoms with Crippen LogP contribution in [0.25, 0.3) is 21.3 Å². The minimum atomic E-state index is -0.870. The van der Waals surface area contributed by atoms with E-state index in [2.05, 4.69) is 15.3 Å². The number of nitrogens with zero attached hydrogens (tertiary/aromatic N) is 2. The predicted molar refractivity (Wildman–Crippen MR) is 117 cm³/mol. The molecular weight excluding hydrogens is 432 g/mol. The number of hydrogen-bond acceptors (Lipinski definition) is 7. The van der Waals surface area contributed by atoms with Crippen molar-refractivity contribution in [1.29, 1.82) is 0 Å². The van der Waals surface area contributed by atoms with Gasteiger partial charge in [-0.3, -0.25) is 19.3 Å². The molecule has 164 valence electrons. The molecule has 1 aliphatic carbocycles. The number of esters is 1. The predicted octanol–water partition coefficient (Wildman–Crippen LogP) is 2.56. The maximum Gasteiger partial charge on any atom is 0.326 e. The maximum absolute atomic E-state index is 12.7. The lowest BCUT2D eigenvalue weighted by Gasteiger charge is -2.19. The molecule has 1 saturated heterocycles. The lowest BCUT2D eigenvalue weighted by molar-refractivity contribution is -0.149. The summed E-state index contributed by atoms with van der Waals surface area (Å²) < 4.78 is 5.19. The SMILES string of the molecule is O=C(CN1C(=O)NC2(CCCC2)C1=O)OCc1nc2scc(-c3ccccc3)c2c(=O)[nH]1. The van der Waals surface area contributed by atoms with Gasteiger partial charge in [0.15, 0.2) is 0 Å². The van der Waals surface area contributed by atoms with E-state index in [1.807, 2.05) is 35.7 Å². The molecule has 10 heteroatoms. The first-order valence-corrected chi connectivity index (χ1v) is 11.2. The minimum absolute atomic E-state index is 0.196. The molecule has 9 nitrogen and oxygen atoms in total. The monoisotopic (exact) mass is 452 g/mol. The topological polar surface area (TPSA) is 121 Å². The van der Waals surface area contributed by atoms with Gasteiger partial charge in [-0.25, -0.2) is 9.78 Å². The first kappa shape index (κ1) is 20.4. The van der Waals surface area contributed by atoms with Gasteiger partial charge in [0.05, 0.1) is 5.39 Å². The zero-order valence-electron chi connectivity index (χ0n) is 17.1. The minimum Gasteiger partial charge on any atom is -0.456 e. The second kappa shape index (κ2) is 7.86. The van der Waals surface area contributed by atoms with Crippen molar-refractivity contribution in [3.8, 4) is 11.1 Å². The van der Waals surface area contributed by atoms with Crippen LogP contribution in [0.3, 0.4) is 0 Å². The number of carbonyl (C=O) groups is 3. The summed E-state index contributed by atoms with van der Waals surface area (Å²) in [4.78, 5) is 58.3. The van der Waals surface area contributed by atoms with Crippen molar-refractivity contribution in [2.75, 3.05) is 6.54 Å². The Morgan fingerprint density at radius 3 is 2.66 bits per heavy atom. The highest BCUT2D eigenvalue weighted by atomic mass is 32.1. The van der Waals surface area contributed by atoms with Gasteiger partial charge in [-0.2, -0.15) is 0 Å². The summed E-state index contributed by atoms with van der Waals surface area (Å²) >= 11 is 1.33. The van der Waals surface area contributed by atoms with Gasteiger partial charge < -0.3 is 15.0 Å². The van der Waals surface area contributed by atoms with Crippen LogP contribution < -0.4 is 10.9 Å². The van der Waals surface area contributed by atoms with Crippen molar-refractivity contribution in [3.63, 3.8) is 0 Å². The van der Waals surface area contributed by atoms with Crippen molar-refractivity contribution in [2.45, 2.75) is 37.8 Å². The molecule has 2 fully saturated rings. The molecule has 0 atom stereocenters. The number of rotatable bonds is 5. The first-order chi connectivity index (χ1) is 15.5. The summed E-state index contributed by atoms with van der Waals surface area (Å²) in [7, 11) is 0. The Kier molecular flexibility index (Phi) is 5.01. The van der Waals surface area contributed by atoms with Gasteiger partial charge in [-0.15, -0.1) is 11.3 Å². The van der Waals surface area contributed by atoms with E-state index in [4.69, 9.17) is 4.74 Å². The quantitative estimate of drug-likeness (QED) is 0.453. The molecule has 3 heterocycles. The Hall–Kier alpha value is -3.53. The number of urea groups is 1. The number of thiophene rings is 1. The van der Waals surface area contributed by atoms with Crippen molar-refractivity contribution < 1.29 is 19.1 Å². The summed E-state index contributed by atoms with van der Waals surface area (Å²) in [6, 6.07) is 8.96. The van der Waals surface area contributed by atoms with Gasteiger partial charge >= 0.3 is 12.0 Å². The molecule has 1 aliphatic heterocycles. The number of aromatic amines is 1. The summed E-state index contributed by atoms with van der Waals surface area (Å²) in [6.45, 7) is -0.743. The second-order valence-corrected chi connectivity index (χ2v) is 8.84. The van der Waals surface area contributed by atoms with Crippen molar-refractivity contribution >= 4 is 39.5 Å². The maximum atomic E-state index is 12.7. The van der Waals surface area contributed by atoms with Crippen LogP contribution in [0.1, 0.15) is 31.5 Å². The number of fused-ring (bicyclic) bond motifs is 1. The van der Waals surface area contributed by atoms with Crippen molar-refractivity contribution in [1.82, 2.24) is 20.2 Å². The summed E-state index contributed by atoms with van der Waals surface area (Å²) in [5.41, 5.74) is 0.518. The Labute approximate surface area is 186 Å². The van der Waals surface area contributed by atoms with E-state index in [1.54, 1.807) is 0 Å². The van der Waals surface area contributed by atoms with Crippen LogP contribution in [-0.4, -0.2) is 44.9 Å². The van der Waals surface area contributed by atoms with Crippen LogP contribution in [0.2, 0.25) is 0 Å². The zero-order chi connectivity index (χ0) is 22.3. The lowest BCUT2D eigenvalue weighted by Crippen LogP contribution is -2.44. The van der Waals surface area contributed by atoms with Crippen LogP contribution in [0.5, 0.6) is 0 Å². The first-order valence-electron chi connectivity index (χ1n) is 10.3. The van der Waals surface area contributed by atoms with Crippen LogP contribution in [0.15, 0.2) is 40.5 Å². The van der Waals surface area contributed by atoms with E-state index in [9.17, 15) is 19.2 Å². The number of hydrogen-bond donors (Lipinski definition) is 2. The van der Waals surface area contributed by atoms with Crippen molar-refractivity contribution in [3.05, 3.63) is 51.9 Å². The average molecular weight is 452 g/mol. The number of nitrogens with one attached hydrogen (secondary N) is 2. The van der Waals surface area contributed by atoms with Crippen molar-refractivity contribution in [2.24, 2.45) is 0 Å². The van der Waals surface area contributed by atoms with E-state index in [-0.39, 0.29) is 23.9 Å². The van der Waals surface area contributed by atoms with Crippen LogP contribution in [-0.2, 0) is 20.9 Å². The number of ether oxygens (including phenoxy) is 1. The van der Waals surface area contributed by atoms with Crippen LogP contribution in [0.4, 0.5) is 4.79 Å². The van der Waals surface area contributed by atoms with Gasteiger partial charge in [0, 0.05) is 10.9 Å². The Morgan fingerprint density at radius 2 is 1.91 bits per heavy atom. The molecule has 1 aromatic carbocycles. The van der Waals surface area contributed by atoms with Crippen LogP contribution >= 0.6 is 11.3 Å². The molecule has 2 N–H and O–H groups in total. The fourth-order valence-electron chi connectivity index (χ4n) is 4.35.